The first kappa shape index (κ1) is 15.9. The lowest BCUT2D eigenvalue weighted by molar-refractivity contribution is 0.599. The first-order chi connectivity index (χ1) is 9.72. The lowest BCUT2D eigenvalue weighted by atomic mass is 10.2. The van der Waals surface area contributed by atoms with Crippen LogP contribution in [0.3, 0.4) is 0 Å². The maximum absolute atomic E-state index is 13.5. The molecular formula is C13H11Cl2FN2O2S. The molecular weight excluding hydrogens is 338 g/mol. The first-order valence-corrected chi connectivity index (χ1v) is 7.99. The largest absolute Gasteiger partial charge is 0.396 e. The van der Waals surface area contributed by atoms with Gasteiger partial charge in [0.25, 0.3) is 10.0 Å². The highest BCUT2D eigenvalue weighted by atomic mass is 35.5. The van der Waals surface area contributed by atoms with E-state index in [0.717, 1.165) is 6.07 Å². The van der Waals surface area contributed by atoms with E-state index in [1.165, 1.54) is 25.1 Å². The van der Waals surface area contributed by atoms with Crippen LogP contribution in [0.2, 0.25) is 10.0 Å². The van der Waals surface area contributed by atoms with Crippen LogP contribution in [0.1, 0.15) is 5.56 Å². The fourth-order valence-electron chi connectivity index (χ4n) is 1.71. The predicted octanol–water partition coefficient (Wildman–Crippen LogP) is 3.82. The first-order valence-electron chi connectivity index (χ1n) is 5.75. The number of anilines is 2. The third-order valence-electron chi connectivity index (χ3n) is 2.77. The van der Waals surface area contributed by atoms with Gasteiger partial charge in [-0.2, -0.15) is 0 Å². The van der Waals surface area contributed by atoms with E-state index in [0.29, 0.717) is 0 Å². The third kappa shape index (κ3) is 3.23. The molecule has 8 heteroatoms. The summed E-state index contributed by atoms with van der Waals surface area (Å²) in [6.07, 6.45) is 0. The van der Waals surface area contributed by atoms with E-state index in [4.69, 9.17) is 28.9 Å². The van der Waals surface area contributed by atoms with E-state index in [9.17, 15) is 12.8 Å². The maximum atomic E-state index is 13.5. The number of sulfonamides is 1. The fourth-order valence-corrected chi connectivity index (χ4v) is 3.53. The quantitative estimate of drug-likeness (QED) is 0.828. The molecule has 2 aromatic carbocycles. The molecule has 0 aromatic heterocycles. The van der Waals surface area contributed by atoms with E-state index >= 15 is 0 Å². The van der Waals surface area contributed by atoms with Gasteiger partial charge in [-0.15, -0.1) is 0 Å². The van der Waals surface area contributed by atoms with Gasteiger partial charge in [0.15, 0.2) is 0 Å². The summed E-state index contributed by atoms with van der Waals surface area (Å²) in [4.78, 5) is -0.171. The molecule has 0 fully saturated rings. The second-order valence-corrected chi connectivity index (χ2v) is 6.84. The lowest BCUT2D eigenvalue weighted by Crippen LogP contribution is -2.14. The smallest absolute Gasteiger partial charge is 0.262 e. The minimum Gasteiger partial charge on any atom is -0.396 e. The van der Waals surface area contributed by atoms with E-state index < -0.39 is 15.8 Å². The van der Waals surface area contributed by atoms with Gasteiger partial charge in [-0.3, -0.25) is 4.72 Å². The average molecular weight is 349 g/mol. The van der Waals surface area contributed by atoms with Crippen molar-refractivity contribution in [3.8, 4) is 0 Å². The standard InChI is InChI=1S/C13H11Cl2FN2O2S/c1-7-5-8(6-11(17)12(7)16)21(19,20)18-13-9(14)3-2-4-10(13)15/h2-6,18H,17H2,1H3. The van der Waals surface area contributed by atoms with E-state index in [-0.39, 0.29) is 31.9 Å². The molecule has 0 radical (unpaired) electrons. The molecule has 112 valence electrons. The molecule has 0 aliphatic carbocycles. The SMILES string of the molecule is Cc1cc(S(=O)(=O)Nc2c(Cl)cccc2Cl)cc(N)c1F. The molecule has 0 bridgehead atoms. The molecule has 0 atom stereocenters. The molecule has 4 nitrogen and oxygen atoms in total. The summed E-state index contributed by atoms with van der Waals surface area (Å²) in [5.74, 6) is -0.648. The van der Waals surface area contributed by atoms with Crippen LogP contribution in [0.15, 0.2) is 35.2 Å². The molecule has 2 aromatic rings. The van der Waals surface area contributed by atoms with Crippen molar-refractivity contribution in [1.82, 2.24) is 0 Å². The van der Waals surface area contributed by atoms with E-state index in [1.54, 1.807) is 6.07 Å². The highest BCUT2D eigenvalue weighted by Crippen LogP contribution is 2.32. The molecule has 0 saturated carbocycles. The zero-order chi connectivity index (χ0) is 15.8. The molecule has 0 unspecified atom stereocenters. The molecule has 0 heterocycles. The van der Waals surface area contributed by atoms with Gasteiger partial charge in [0, 0.05) is 0 Å². The number of hydrogen-bond acceptors (Lipinski definition) is 3. The minimum atomic E-state index is -3.99. The topological polar surface area (TPSA) is 72.2 Å². The highest BCUT2D eigenvalue weighted by Gasteiger charge is 2.20. The predicted molar refractivity (Wildman–Crippen MR) is 82.8 cm³/mol. The van der Waals surface area contributed by atoms with Crippen molar-refractivity contribution in [3.05, 3.63) is 51.8 Å². The monoisotopic (exact) mass is 348 g/mol. The number of aryl methyl sites for hydroxylation is 1. The summed E-state index contributed by atoms with van der Waals surface area (Å²) in [5.41, 5.74) is 5.38. The summed E-state index contributed by atoms with van der Waals surface area (Å²) >= 11 is 11.8. The van der Waals surface area contributed by atoms with Crippen LogP contribution < -0.4 is 10.5 Å². The van der Waals surface area contributed by atoms with Crippen LogP contribution in [0.5, 0.6) is 0 Å². The van der Waals surface area contributed by atoms with E-state index in [1.807, 2.05) is 0 Å². The Kier molecular flexibility index (Phi) is 4.32. The van der Waals surface area contributed by atoms with Crippen LogP contribution in [0, 0.1) is 12.7 Å². The molecule has 0 saturated heterocycles. The van der Waals surface area contributed by atoms with Gasteiger partial charge in [-0.1, -0.05) is 29.3 Å². The molecule has 0 aliphatic heterocycles. The molecule has 0 aliphatic rings. The summed E-state index contributed by atoms with van der Waals surface area (Å²) < 4.78 is 40.4. The van der Waals surface area contributed by atoms with Crippen molar-refractivity contribution >= 4 is 44.6 Å². The van der Waals surface area contributed by atoms with Crippen molar-refractivity contribution in [1.29, 1.82) is 0 Å². The Balaban J connectivity index is 2.49. The maximum Gasteiger partial charge on any atom is 0.262 e. The Bertz CT molecular complexity index is 767. The normalized spacial score (nSPS) is 11.4. The van der Waals surface area contributed by atoms with Crippen LogP contribution in [0.25, 0.3) is 0 Å². The van der Waals surface area contributed by atoms with Gasteiger partial charge in [0.1, 0.15) is 5.82 Å². The summed E-state index contributed by atoms with van der Waals surface area (Å²) in [5, 5.41) is 0.302. The Morgan fingerprint density at radius 1 is 1.19 bits per heavy atom. The minimum absolute atomic E-state index is 0.0568. The summed E-state index contributed by atoms with van der Waals surface area (Å²) in [6, 6.07) is 6.79. The summed E-state index contributed by atoms with van der Waals surface area (Å²) in [6.45, 7) is 1.42. The Hall–Kier alpha value is -1.50. The number of nitrogens with two attached hydrogens (primary N) is 1. The van der Waals surface area contributed by atoms with E-state index in [2.05, 4.69) is 4.72 Å². The zero-order valence-electron chi connectivity index (χ0n) is 10.8. The van der Waals surface area contributed by atoms with Gasteiger partial charge in [0.05, 0.1) is 26.3 Å². The fraction of sp³-hybridized carbons (Fsp3) is 0.0769. The number of nitrogen functional groups attached to an aromatic ring is 1. The Morgan fingerprint density at radius 2 is 1.76 bits per heavy atom. The Morgan fingerprint density at radius 3 is 2.29 bits per heavy atom. The van der Waals surface area contributed by atoms with Crippen molar-refractivity contribution in [2.24, 2.45) is 0 Å². The number of nitrogens with one attached hydrogen (secondary N) is 1. The molecule has 0 amide bonds. The van der Waals surface area contributed by atoms with Crippen molar-refractivity contribution in [2.75, 3.05) is 10.5 Å². The second-order valence-electron chi connectivity index (χ2n) is 4.35. The molecule has 0 spiro atoms. The number of halogens is 3. The van der Waals surface area contributed by atoms with Crippen LogP contribution in [-0.4, -0.2) is 8.42 Å². The van der Waals surface area contributed by atoms with Gasteiger partial charge >= 0.3 is 0 Å². The lowest BCUT2D eigenvalue weighted by Gasteiger charge is -2.12. The number of para-hydroxylation sites is 1. The van der Waals surface area contributed by atoms with Crippen LogP contribution in [0.4, 0.5) is 15.8 Å². The van der Waals surface area contributed by atoms with Gasteiger partial charge in [-0.05, 0) is 36.8 Å². The van der Waals surface area contributed by atoms with Crippen LogP contribution in [-0.2, 0) is 10.0 Å². The summed E-state index contributed by atoms with van der Waals surface area (Å²) in [7, 11) is -3.99. The molecule has 21 heavy (non-hydrogen) atoms. The number of hydrogen-bond donors (Lipinski definition) is 2. The number of rotatable bonds is 3. The van der Waals surface area contributed by atoms with Gasteiger partial charge in [0.2, 0.25) is 0 Å². The van der Waals surface area contributed by atoms with Crippen molar-refractivity contribution in [2.45, 2.75) is 11.8 Å². The van der Waals surface area contributed by atoms with Gasteiger partial charge in [-0.25, -0.2) is 12.8 Å². The molecule has 2 rings (SSSR count). The van der Waals surface area contributed by atoms with Gasteiger partial charge < -0.3 is 5.73 Å². The Labute approximate surface area is 131 Å². The zero-order valence-corrected chi connectivity index (χ0v) is 13.2. The second kappa shape index (κ2) is 5.71. The highest BCUT2D eigenvalue weighted by molar-refractivity contribution is 7.92. The van der Waals surface area contributed by atoms with Crippen LogP contribution >= 0.6 is 23.2 Å². The van der Waals surface area contributed by atoms with Crippen molar-refractivity contribution < 1.29 is 12.8 Å². The molecule has 3 N–H and O–H groups in total. The number of benzene rings is 2. The van der Waals surface area contributed by atoms with Crippen molar-refractivity contribution in [3.63, 3.8) is 0 Å². The third-order valence-corrected chi connectivity index (χ3v) is 4.72. The average Bonchev–Trinajstić information content (AvgIpc) is 2.40.